The number of hydrogen-bond acceptors (Lipinski definition) is 14. The zero-order valence-corrected chi connectivity index (χ0v) is 35.8. The van der Waals surface area contributed by atoms with E-state index in [0.717, 1.165) is 38.5 Å². The van der Waals surface area contributed by atoms with E-state index in [-0.39, 0.29) is 47.0 Å². The summed E-state index contributed by atoms with van der Waals surface area (Å²) in [5.74, 6) is -1.11. The standard InChI is InChI=1S/C44H70O14/c1-21-30(48)31(49)33(51)37(55-21)58-38(53)40(5)15-14-39(4)16-17-42(7)24(25(39)19-40)10-11-27-43(42,8)13-12-26-41(6,28(46)18-29(47)44(26,27)9)20-54-36-34(52)32(50)35(22(2)56-36)57-23(3)45/h10,21-22,25-37,46-52H,11-20H2,1-9H3/t21-,22-,25-,26-,27+,28-,29-,30-,31+,32-,33+,34+,35-,36+,37-,39+,40+,41-,42+,43+,44-/m0/s1. The average molecular weight is 823 g/mol. The number of aliphatic hydroxyl groups is 7. The minimum absolute atomic E-state index is 0.0127. The summed E-state index contributed by atoms with van der Waals surface area (Å²) in [6, 6.07) is 0. The zero-order valence-electron chi connectivity index (χ0n) is 35.8. The molecule has 330 valence electrons. The number of esters is 2. The highest BCUT2D eigenvalue weighted by Crippen LogP contribution is 2.75. The zero-order chi connectivity index (χ0) is 42.7. The lowest BCUT2D eigenvalue weighted by atomic mass is 9.33. The van der Waals surface area contributed by atoms with Crippen LogP contribution in [0.5, 0.6) is 0 Å². The van der Waals surface area contributed by atoms with E-state index < -0.39 is 102 Å². The van der Waals surface area contributed by atoms with Gasteiger partial charge in [-0.05, 0) is 106 Å². The number of allylic oxidation sites excluding steroid dienone is 2. The number of ether oxygens (including phenoxy) is 5. The summed E-state index contributed by atoms with van der Waals surface area (Å²) in [6.45, 7) is 17.6. The second kappa shape index (κ2) is 15.0. The van der Waals surface area contributed by atoms with E-state index in [4.69, 9.17) is 23.7 Å². The van der Waals surface area contributed by atoms with Gasteiger partial charge in [0.15, 0.2) is 12.4 Å². The van der Waals surface area contributed by atoms with Crippen LogP contribution in [-0.4, -0.2) is 128 Å². The lowest BCUT2D eigenvalue weighted by Gasteiger charge is -2.72. The average Bonchev–Trinajstić information content (AvgIpc) is 3.15. The predicted octanol–water partition coefficient (Wildman–Crippen LogP) is 2.89. The maximum Gasteiger partial charge on any atom is 0.314 e. The molecule has 7 rings (SSSR count). The molecule has 0 aromatic rings. The van der Waals surface area contributed by atoms with Crippen LogP contribution >= 0.6 is 0 Å². The van der Waals surface area contributed by atoms with Gasteiger partial charge >= 0.3 is 11.9 Å². The lowest BCUT2D eigenvalue weighted by Crippen LogP contribution is -2.69. The van der Waals surface area contributed by atoms with Crippen molar-refractivity contribution < 1.29 is 69.0 Å². The van der Waals surface area contributed by atoms with Crippen LogP contribution in [0.1, 0.15) is 120 Å². The third kappa shape index (κ3) is 6.56. The van der Waals surface area contributed by atoms with Gasteiger partial charge in [-0.2, -0.15) is 0 Å². The Morgan fingerprint density at radius 1 is 0.741 bits per heavy atom. The van der Waals surface area contributed by atoms with Crippen LogP contribution in [0.4, 0.5) is 0 Å². The van der Waals surface area contributed by atoms with Crippen molar-refractivity contribution in [1.29, 1.82) is 0 Å². The van der Waals surface area contributed by atoms with Crippen LogP contribution in [0.3, 0.4) is 0 Å². The van der Waals surface area contributed by atoms with Crippen molar-refractivity contribution in [3.8, 4) is 0 Å². The summed E-state index contributed by atoms with van der Waals surface area (Å²) >= 11 is 0. The Balaban J connectivity index is 1.13. The summed E-state index contributed by atoms with van der Waals surface area (Å²) in [6.07, 6.45) is -5.47. The quantitative estimate of drug-likeness (QED) is 0.151. The molecule has 0 aromatic heterocycles. The molecule has 58 heavy (non-hydrogen) atoms. The molecule has 2 saturated heterocycles. The second-order valence-corrected chi connectivity index (χ2v) is 21.1. The summed E-state index contributed by atoms with van der Waals surface area (Å²) < 4.78 is 28.9. The Labute approximate surface area is 342 Å². The van der Waals surface area contributed by atoms with Crippen LogP contribution in [0.25, 0.3) is 0 Å². The number of aliphatic hydroxyl groups excluding tert-OH is 7. The SMILES string of the molecule is CC(=O)O[C@@H]1[C@@H](O)[C@@H](O)[C@H](OC[C@]2(C)[C@@H](O)C[C@H](O)[C@@]3(C)[C@H]2CC[C@]2(C)[C@H]3CC=C3[C@@H]4C[C@](C)(C(=O)O[C@@H]5O[C@@H](C)[C@H](O)[C@@H](O)[C@H]5O)CC[C@]4(C)CC[C@]32C)O[C@H]1C. The molecule has 7 aliphatic rings. The van der Waals surface area contributed by atoms with Crippen molar-refractivity contribution in [2.24, 2.45) is 50.2 Å². The van der Waals surface area contributed by atoms with Gasteiger partial charge in [0.05, 0.1) is 36.4 Å². The summed E-state index contributed by atoms with van der Waals surface area (Å²) in [7, 11) is 0. The summed E-state index contributed by atoms with van der Waals surface area (Å²) in [4.78, 5) is 25.7. The smallest absolute Gasteiger partial charge is 0.314 e. The first-order valence-electron chi connectivity index (χ1n) is 21.7. The van der Waals surface area contributed by atoms with E-state index in [1.807, 2.05) is 13.8 Å². The molecular weight excluding hydrogens is 752 g/mol. The van der Waals surface area contributed by atoms with Crippen LogP contribution in [0.2, 0.25) is 0 Å². The summed E-state index contributed by atoms with van der Waals surface area (Å²) in [5.41, 5.74) is -1.47. The largest absolute Gasteiger partial charge is 0.457 e. The van der Waals surface area contributed by atoms with Gasteiger partial charge in [-0.3, -0.25) is 9.59 Å². The number of carbonyl (C=O) groups excluding carboxylic acids is 2. The maximum atomic E-state index is 14.0. The van der Waals surface area contributed by atoms with Crippen molar-refractivity contribution in [2.45, 2.75) is 194 Å². The predicted molar refractivity (Wildman–Crippen MR) is 207 cm³/mol. The van der Waals surface area contributed by atoms with Gasteiger partial charge in [-0.15, -0.1) is 0 Å². The van der Waals surface area contributed by atoms with Gasteiger partial charge in [-0.25, -0.2) is 0 Å². The first-order chi connectivity index (χ1) is 26.9. The molecule has 0 radical (unpaired) electrons. The van der Waals surface area contributed by atoms with Crippen molar-refractivity contribution in [1.82, 2.24) is 0 Å². The molecular formula is C44H70O14. The number of fused-ring (bicyclic) bond motifs is 7. The summed E-state index contributed by atoms with van der Waals surface area (Å²) in [5, 5.41) is 76.9. The highest BCUT2D eigenvalue weighted by molar-refractivity contribution is 5.77. The Morgan fingerprint density at radius 2 is 1.38 bits per heavy atom. The normalized spacial score (nSPS) is 55.4. The molecule has 2 aliphatic heterocycles. The van der Waals surface area contributed by atoms with Gasteiger partial charge in [-0.1, -0.05) is 46.3 Å². The lowest BCUT2D eigenvalue weighted by molar-refractivity contribution is -0.315. The van der Waals surface area contributed by atoms with E-state index in [1.54, 1.807) is 13.8 Å². The fraction of sp³-hybridized carbons (Fsp3) is 0.909. The Hall–Kier alpha value is -1.72. The van der Waals surface area contributed by atoms with Gasteiger partial charge in [0.2, 0.25) is 6.29 Å². The van der Waals surface area contributed by atoms with Crippen molar-refractivity contribution in [3.63, 3.8) is 0 Å². The molecule has 0 bridgehead atoms. The Kier molecular flexibility index (Phi) is 11.5. The van der Waals surface area contributed by atoms with E-state index >= 15 is 0 Å². The van der Waals surface area contributed by atoms with Crippen molar-refractivity contribution in [3.05, 3.63) is 11.6 Å². The highest BCUT2D eigenvalue weighted by Gasteiger charge is 2.71. The molecule has 21 atom stereocenters. The van der Waals surface area contributed by atoms with Gasteiger partial charge in [0.1, 0.15) is 30.5 Å². The fourth-order valence-electron chi connectivity index (χ4n) is 13.6. The van der Waals surface area contributed by atoms with Gasteiger partial charge < -0.3 is 59.4 Å². The number of rotatable bonds is 6. The minimum atomic E-state index is -1.57. The minimum Gasteiger partial charge on any atom is -0.457 e. The monoisotopic (exact) mass is 822 g/mol. The molecule has 4 saturated carbocycles. The first kappa shape index (κ1) is 44.3. The van der Waals surface area contributed by atoms with E-state index in [1.165, 1.54) is 12.5 Å². The molecule has 14 nitrogen and oxygen atoms in total. The molecule has 0 aromatic carbocycles. The molecule has 0 spiro atoms. The van der Waals surface area contributed by atoms with Crippen molar-refractivity contribution >= 4 is 11.9 Å². The van der Waals surface area contributed by atoms with Gasteiger partial charge in [0.25, 0.3) is 0 Å². The van der Waals surface area contributed by atoms with E-state index in [0.29, 0.717) is 12.8 Å². The Bertz CT molecular complexity index is 1620. The van der Waals surface area contributed by atoms with Crippen LogP contribution < -0.4 is 0 Å². The van der Waals surface area contributed by atoms with E-state index in [9.17, 15) is 45.3 Å². The fourth-order valence-corrected chi connectivity index (χ4v) is 13.6. The molecule has 7 N–H and O–H groups in total. The molecule has 0 amide bonds. The van der Waals surface area contributed by atoms with E-state index in [2.05, 4.69) is 33.8 Å². The second-order valence-electron chi connectivity index (χ2n) is 21.1. The molecule has 5 aliphatic carbocycles. The molecule has 0 unspecified atom stereocenters. The number of carbonyl (C=O) groups is 2. The van der Waals surface area contributed by atoms with Gasteiger partial charge in [0, 0.05) is 24.2 Å². The highest BCUT2D eigenvalue weighted by atomic mass is 16.7. The van der Waals surface area contributed by atoms with Crippen LogP contribution in [-0.2, 0) is 33.3 Å². The first-order valence-corrected chi connectivity index (χ1v) is 21.7. The maximum absolute atomic E-state index is 14.0. The third-order valence-corrected chi connectivity index (χ3v) is 17.9. The molecule has 6 fully saturated rings. The number of hydrogen-bond donors (Lipinski definition) is 7. The topological polar surface area (TPSA) is 222 Å². The van der Waals surface area contributed by atoms with Crippen LogP contribution in [0.15, 0.2) is 11.6 Å². The van der Waals surface area contributed by atoms with Crippen molar-refractivity contribution in [2.75, 3.05) is 6.61 Å². The third-order valence-electron chi connectivity index (χ3n) is 17.9. The van der Waals surface area contributed by atoms with Crippen LogP contribution in [0, 0.1) is 50.2 Å². The molecule has 14 heteroatoms. The molecule has 2 heterocycles. The Morgan fingerprint density at radius 3 is 2.05 bits per heavy atom.